The molecule has 0 radical (unpaired) electrons. The predicted octanol–water partition coefficient (Wildman–Crippen LogP) is 2.34. The summed E-state index contributed by atoms with van der Waals surface area (Å²) in [5, 5.41) is 16.9. The van der Waals surface area contributed by atoms with Gasteiger partial charge in [0.25, 0.3) is 5.91 Å². The van der Waals surface area contributed by atoms with E-state index in [1.807, 2.05) is 4.68 Å². The smallest absolute Gasteiger partial charge is 0.311 e. The van der Waals surface area contributed by atoms with Crippen molar-refractivity contribution >= 4 is 11.9 Å². The van der Waals surface area contributed by atoms with Crippen molar-refractivity contribution < 1.29 is 19.4 Å². The van der Waals surface area contributed by atoms with Gasteiger partial charge in [-0.1, -0.05) is 6.92 Å². The molecule has 1 aliphatic carbocycles. The highest BCUT2D eigenvalue weighted by Gasteiger charge is 2.41. The summed E-state index contributed by atoms with van der Waals surface area (Å²) in [6.07, 6.45) is 5.59. The topological polar surface area (TPSA) is 93.5 Å². The number of nitrogens with one attached hydrogen (secondary N) is 1. The second-order valence-electron chi connectivity index (χ2n) is 7.30. The lowest BCUT2D eigenvalue weighted by Gasteiger charge is -2.33. The standard InChI is InChI=1S/C18H27N3O4/c1-3-12(2)21-15(13-4-5-13)14(10-20-21)16(22)19-11-18(17(23)24)6-8-25-9-7-18/h10,12-13H,3-9,11H2,1-2H3,(H,19,22)(H,23,24)/t12-/m0/s1. The second kappa shape index (κ2) is 7.15. The van der Waals surface area contributed by atoms with E-state index in [1.54, 1.807) is 6.20 Å². The van der Waals surface area contributed by atoms with E-state index in [9.17, 15) is 14.7 Å². The molecule has 2 aliphatic rings. The zero-order valence-electron chi connectivity index (χ0n) is 15.0. The highest BCUT2D eigenvalue weighted by Crippen LogP contribution is 2.42. The Morgan fingerprint density at radius 1 is 1.44 bits per heavy atom. The summed E-state index contributed by atoms with van der Waals surface area (Å²) in [7, 11) is 0. The number of aromatic nitrogens is 2. The lowest BCUT2D eigenvalue weighted by Crippen LogP contribution is -2.46. The molecule has 2 heterocycles. The average molecular weight is 349 g/mol. The lowest BCUT2D eigenvalue weighted by molar-refractivity contribution is -0.154. The van der Waals surface area contributed by atoms with Crippen LogP contribution in [0.15, 0.2) is 6.20 Å². The fourth-order valence-electron chi connectivity index (χ4n) is 3.41. The average Bonchev–Trinajstić information content (AvgIpc) is 3.37. The Balaban J connectivity index is 1.75. The van der Waals surface area contributed by atoms with Crippen molar-refractivity contribution in [1.82, 2.24) is 15.1 Å². The van der Waals surface area contributed by atoms with Gasteiger partial charge in [0.05, 0.1) is 22.9 Å². The van der Waals surface area contributed by atoms with Crippen LogP contribution in [0.5, 0.6) is 0 Å². The van der Waals surface area contributed by atoms with Crippen LogP contribution >= 0.6 is 0 Å². The van der Waals surface area contributed by atoms with E-state index in [0.717, 1.165) is 25.0 Å². The van der Waals surface area contributed by atoms with Gasteiger partial charge in [0.15, 0.2) is 0 Å². The first-order valence-electron chi connectivity index (χ1n) is 9.15. The second-order valence-corrected chi connectivity index (χ2v) is 7.30. The first kappa shape index (κ1) is 17.9. The lowest BCUT2D eigenvalue weighted by atomic mass is 9.80. The minimum atomic E-state index is -0.930. The molecule has 1 saturated carbocycles. The largest absolute Gasteiger partial charge is 0.481 e. The fourth-order valence-corrected chi connectivity index (χ4v) is 3.41. The molecule has 7 heteroatoms. The van der Waals surface area contributed by atoms with Crippen LogP contribution in [0.4, 0.5) is 0 Å². The Hall–Kier alpha value is -1.89. The molecule has 3 rings (SSSR count). The van der Waals surface area contributed by atoms with Gasteiger partial charge in [0.1, 0.15) is 0 Å². The minimum Gasteiger partial charge on any atom is -0.481 e. The molecule has 0 aromatic carbocycles. The Bertz CT molecular complexity index is 645. The van der Waals surface area contributed by atoms with E-state index in [1.165, 1.54) is 0 Å². The quantitative estimate of drug-likeness (QED) is 0.788. The van der Waals surface area contributed by atoms with Crippen LogP contribution in [-0.2, 0) is 9.53 Å². The number of nitrogens with zero attached hydrogens (tertiary/aromatic N) is 2. The maximum absolute atomic E-state index is 12.7. The molecule has 138 valence electrons. The summed E-state index contributed by atoms with van der Waals surface area (Å²) in [4.78, 5) is 24.5. The van der Waals surface area contributed by atoms with Crippen molar-refractivity contribution in [3.05, 3.63) is 17.5 Å². The van der Waals surface area contributed by atoms with Crippen molar-refractivity contribution in [3.8, 4) is 0 Å². The van der Waals surface area contributed by atoms with Crippen molar-refractivity contribution in [2.45, 2.75) is 57.9 Å². The molecule has 0 unspecified atom stereocenters. The number of carbonyl (C=O) groups excluding carboxylic acids is 1. The highest BCUT2D eigenvalue weighted by molar-refractivity contribution is 5.95. The van der Waals surface area contributed by atoms with E-state index < -0.39 is 11.4 Å². The Kier molecular flexibility index (Phi) is 5.13. The van der Waals surface area contributed by atoms with Crippen LogP contribution in [0.25, 0.3) is 0 Å². The van der Waals surface area contributed by atoms with E-state index >= 15 is 0 Å². The molecular weight excluding hydrogens is 322 g/mol. The number of ether oxygens (including phenoxy) is 1. The Labute approximate surface area is 147 Å². The van der Waals surface area contributed by atoms with Gasteiger partial charge in [0.2, 0.25) is 0 Å². The third-order valence-electron chi connectivity index (χ3n) is 5.54. The molecule has 1 aromatic rings. The maximum atomic E-state index is 12.7. The SMILES string of the molecule is CC[C@H](C)n1ncc(C(=O)NCC2(C(=O)O)CCOCC2)c1C1CC1. The summed E-state index contributed by atoms with van der Waals surface area (Å²) in [5.74, 6) is -0.689. The number of amides is 1. The molecule has 2 N–H and O–H groups in total. The van der Waals surface area contributed by atoms with Crippen LogP contribution in [0.3, 0.4) is 0 Å². The van der Waals surface area contributed by atoms with Gasteiger partial charge in [-0.05, 0) is 39.0 Å². The fraction of sp³-hybridized carbons (Fsp3) is 0.722. The van der Waals surface area contributed by atoms with Crippen LogP contribution in [0.2, 0.25) is 0 Å². The summed E-state index contributed by atoms with van der Waals surface area (Å²) >= 11 is 0. The minimum absolute atomic E-state index is 0.128. The van der Waals surface area contributed by atoms with Crippen LogP contribution in [0, 0.1) is 5.41 Å². The van der Waals surface area contributed by atoms with Crippen LogP contribution in [-0.4, -0.2) is 46.5 Å². The number of hydrogen-bond acceptors (Lipinski definition) is 4. The number of hydrogen-bond donors (Lipinski definition) is 2. The number of carboxylic acids is 1. The van der Waals surface area contributed by atoms with E-state index in [2.05, 4.69) is 24.3 Å². The number of aliphatic carboxylic acids is 1. The van der Waals surface area contributed by atoms with Crippen molar-refractivity contribution in [2.24, 2.45) is 5.41 Å². The van der Waals surface area contributed by atoms with Gasteiger partial charge >= 0.3 is 5.97 Å². The summed E-state index contributed by atoms with van der Waals surface area (Å²) in [6, 6.07) is 0.248. The molecule has 0 spiro atoms. The Morgan fingerprint density at radius 3 is 2.68 bits per heavy atom. The van der Waals surface area contributed by atoms with Crippen LogP contribution in [0.1, 0.15) is 74.0 Å². The molecule has 1 aliphatic heterocycles. The molecule has 1 saturated heterocycles. The molecule has 25 heavy (non-hydrogen) atoms. The zero-order chi connectivity index (χ0) is 18.0. The number of carbonyl (C=O) groups is 2. The van der Waals surface area contributed by atoms with Gasteiger partial charge in [-0.2, -0.15) is 5.10 Å². The summed E-state index contributed by atoms with van der Waals surface area (Å²) in [6.45, 7) is 5.17. The summed E-state index contributed by atoms with van der Waals surface area (Å²) in [5.41, 5.74) is 0.666. The van der Waals surface area contributed by atoms with E-state index in [-0.39, 0.29) is 18.5 Å². The number of rotatable bonds is 7. The van der Waals surface area contributed by atoms with Crippen molar-refractivity contribution in [3.63, 3.8) is 0 Å². The van der Waals surface area contributed by atoms with E-state index in [0.29, 0.717) is 37.5 Å². The third-order valence-corrected chi connectivity index (χ3v) is 5.54. The van der Waals surface area contributed by atoms with Crippen molar-refractivity contribution in [2.75, 3.05) is 19.8 Å². The first-order valence-corrected chi connectivity index (χ1v) is 9.15. The molecule has 7 nitrogen and oxygen atoms in total. The van der Waals surface area contributed by atoms with Gasteiger partial charge in [-0.15, -0.1) is 0 Å². The molecule has 2 fully saturated rings. The molecule has 1 amide bonds. The zero-order valence-corrected chi connectivity index (χ0v) is 15.0. The highest BCUT2D eigenvalue weighted by atomic mass is 16.5. The molecular formula is C18H27N3O4. The van der Waals surface area contributed by atoms with Gasteiger partial charge in [0, 0.05) is 31.7 Å². The van der Waals surface area contributed by atoms with E-state index in [4.69, 9.17) is 4.74 Å². The molecule has 1 atom stereocenters. The van der Waals surface area contributed by atoms with Gasteiger partial charge in [-0.3, -0.25) is 14.3 Å². The maximum Gasteiger partial charge on any atom is 0.311 e. The van der Waals surface area contributed by atoms with Gasteiger partial charge in [-0.25, -0.2) is 0 Å². The predicted molar refractivity (Wildman–Crippen MR) is 91.7 cm³/mol. The Morgan fingerprint density at radius 2 is 2.12 bits per heavy atom. The number of carboxylic acid groups (broad SMARTS) is 1. The monoisotopic (exact) mass is 349 g/mol. The normalized spacial score (nSPS) is 20.9. The van der Waals surface area contributed by atoms with Crippen molar-refractivity contribution in [1.29, 1.82) is 0 Å². The van der Waals surface area contributed by atoms with Crippen LogP contribution < -0.4 is 5.32 Å². The first-order chi connectivity index (χ1) is 12.0. The van der Waals surface area contributed by atoms with Gasteiger partial charge < -0.3 is 15.2 Å². The molecule has 0 bridgehead atoms. The molecule has 1 aromatic heterocycles. The third kappa shape index (κ3) is 3.56. The summed E-state index contributed by atoms with van der Waals surface area (Å²) < 4.78 is 7.24.